The lowest BCUT2D eigenvalue weighted by Crippen LogP contribution is -2.38. The molecule has 4 aromatic rings. The third-order valence-electron chi connectivity index (χ3n) is 5.50. The van der Waals surface area contributed by atoms with Crippen molar-refractivity contribution >= 4 is 50.3 Å². The minimum atomic E-state index is -0.668. The van der Waals surface area contributed by atoms with E-state index in [1.165, 1.54) is 4.90 Å². The molecule has 0 saturated heterocycles. The van der Waals surface area contributed by atoms with Crippen LogP contribution >= 0.6 is 22.9 Å². The summed E-state index contributed by atoms with van der Waals surface area (Å²) >= 11 is 7.55. The predicted molar refractivity (Wildman–Crippen MR) is 149 cm³/mol. The molecule has 10 heteroatoms. The Morgan fingerprint density at radius 1 is 0.974 bits per heavy atom. The molecule has 0 atom stereocenters. The first kappa shape index (κ1) is 27.2. The standard InChI is InChI=1S/C28H28ClN3O5S/c1-3-35-26(33)19-32(28(34)37-23-14-10-21(29)11-15-23)18-20-8-12-22(13-9-20)36-17-16-31(2)27-30-24-6-4-5-7-25(24)38-27/h4-15H,3,16-19H2,1-2H3. The predicted octanol–water partition coefficient (Wildman–Crippen LogP) is 6.03. The van der Waals surface area contributed by atoms with Crippen LogP contribution in [0, 0.1) is 0 Å². The Bertz CT molecular complexity index is 1330. The number of hydrogen-bond acceptors (Lipinski definition) is 8. The van der Waals surface area contributed by atoms with Crippen molar-refractivity contribution in [2.45, 2.75) is 13.5 Å². The van der Waals surface area contributed by atoms with Crippen LogP contribution in [0.2, 0.25) is 5.02 Å². The van der Waals surface area contributed by atoms with Gasteiger partial charge in [-0.25, -0.2) is 9.78 Å². The Kier molecular flexibility index (Phi) is 9.40. The van der Waals surface area contributed by atoms with E-state index in [-0.39, 0.29) is 19.7 Å². The van der Waals surface area contributed by atoms with Gasteiger partial charge in [-0.15, -0.1) is 0 Å². The average Bonchev–Trinajstić information content (AvgIpc) is 3.35. The molecule has 8 nitrogen and oxygen atoms in total. The number of thiazole rings is 1. The zero-order chi connectivity index (χ0) is 26.9. The van der Waals surface area contributed by atoms with E-state index in [0.717, 1.165) is 20.9 Å². The molecule has 0 unspecified atom stereocenters. The normalized spacial score (nSPS) is 10.7. The van der Waals surface area contributed by atoms with Crippen LogP contribution in [-0.4, -0.2) is 55.3 Å². The zero-order valence-corrected chi connectivity index (χ0v) is 22.7. The van der Waals surface area contributed by atoms with Gasteiger partial charge in [-0.1, -0.05) is 47.2 Å². The minimum absolute atomic E-state index is 0.159. The van der Waals surface area contributed by atoms with Crippen molar-refractivity contribution in [2.75, 3.05) is 38.3 Å². The number of halogens is 1. The lowest BCUT2D eigenvalue weighted by Gasteiger charge is -2.21. The van der Waals surface area contributed by atoms with Gasteiger partial charge in [0, 0.05) is 18.6 Å². The van der Waals surface area contributed by atoms with Gasteiger partial charge in [-0.2, -0.15) is 0 Å². The Hall–Kier alpha value is -3.82. The molecule has 3 aromatic carbocycles. The number of nitrogens with zero attached hydrogens (tertiary/aromatic N) is 3. The quantitative estimate of drug-likeness (QED) is 0.210. The van der Waals surface area contributed by atoms with E-state index < -0.39 is 12.1 Å². The summed E-state index contributed by atoms with van der Waals surface area (Å²) in [5, 5.41) is 1.47. The zero-order valence-electron chi connectivity index (χ0n) is 21.1. The molecule has 198 valence electrons. The smallest absolute Gasteiger partial charge is 0.416 e. The molecule has 1 heterocycles. The summed E-state index contributed by atoms with van der Waals surface area (Å²) in [4.78, 5) is 32.9. The van der Waals surface area contributed by atoms with Crippen molar-refractivity contribution in [3.8, 4) is 11.5 Å². The van der Waals surface area contributed by atoms with Crippen molar-refractivity contribution in [3.63, 3.8) is 0 Å². The molecule has 0 aliphatic heterocycles. The summed E-state index contributed by atoms with van der Waals surface area (Å²) in [6, 6.07) is 21.8. The fourth-order valence-electron chi connectivity index (χ4n) is 3.55. The van der Waals surface area contributed by atoms with Gasteiger partial charge in [0.15, 0.2) is 5.13 Å². The second-order valence-corrected chi connectivity index (χ2v) is 9.81. The van der Waals surface area contributed by atoms with Crippen LogP contribution in [0.15, 0.2) is 72.8 Å². The summed E-state index contributed by atoms with van der Waals surface area (Å²) in [6.45, 7) is 3.00. The number of carbonyl (C=O) groups excluding carboxylic acids is 2. The Morgan fingerprint density at radius 2 is 1.68 bits per heavy atom. The number of ether oxygens (including phenoxy) is 3. The van der Waals surface area contributed by atoms with Crippen LogP contribution in [0.25, 0.3) is 10.2 Å². The van der Waals surface area contributed by atoms with E-state index in [1.54, 1.807) is 42.5 Å². The van der Waals surface area contributed by atoms with Gasteiger partial charge in [0.2, 0.25) is 0 Å². The second kappa shape index (κ2) is 13.1. The highest BCUT2D eigenvalue weighted by atomic mass is 35.5. The lowest BCUT2D eigenvalue weighted by atomic mass is 10.2. The summed E-state index contributed by atoms with van der Waals surface area (Å²) in [6.07, 6.45) is -0.668. The number of anilines is 1. The molecule has 0 spiro atoms. The first-order valence-corrected chi connectivity index (χ1v) is 13.3. The molecule has 38 heavy (non-hydrogen) atoms. The molecular formula is C28H28ClN3O5S. The van der Waals surface area contributed by atoms with Crippen molar-refractivity contribution in [2.24, 2.45) is 0 Å². The first-order chi connectivity index (χ1) is 18.4. The molecule has 0 aliphatic rings. The number of esters is 1. The number of para-hydroxylation sites is 1. The van der Waals surface area contributed by atoms with E-state index >= 15 is 0 Å². The third kappa shape index (κ3) is 7.60. The van der Waals surface area contributed by atoms with Gasteiger partial charge in [-0.3, -0.25) is 9.69 Å². The average molecular weight is 554 g/mol. The SMILES string of the molecule is CCOC(=O)CN(Cc1ccc(OCCN(C)c2nc3ccccc3s2)cc1)C(=O)Oc1ccc(Cl)cc1. The molecule has 0 N–H and O–H groups in total. The Morgan fingerprint density at radius 3 is 2.39 bits per heavy atom. The number of rotatable bonds is 11. The van der Waals surface area contributed by atoms with Crippen LogP contribution < -0.4 is 14.4 Å². The van der Waals surface area contributed by atoms with Gasteiger partial charge in [-0.05, 0) is 61.0 Å². The highest BCUT2D eigenvalue weighted by Crippen LogP contribution is 2.27. The highest BCUT2D eigenvalue weighted by molar-refractivity contribution is 7.22. The molecule has 0 saturated carbocycles. The minimum Gasteiger partial charge on any atom is -0.492 e. The topological polar surface area (TPSA) is 81.2 Å². The van der Waals surface area contributed by atoms with Crippen LogP contribution in [0.3, 0.4) is 0 Å². The first-order valence-electron chi connectivity index (χ1n) is 12.1. The largest absolute Gasteiger partial charge is 0.492 e. The van der Waals surface area contributed by atoms with Crippen LogP contribution in [0.1, 0.15) is 12.5 Å². The fourth-order valence-corrected chi connectivity index (χ4v) is 4.63. The molecule has 0 fully saturated rings. The Balaban J connectivity index is 1.32. The maximum atomic E-state index is 12.8. The van der Waals surface area contributed by atoms with E-state index in [0.29, 0.717) is 29.7 Å². The summed E-state index contributed by atoms with van der Waals surface area (Å²) in [5.74, 6) is 0.512. The number of hydrogen-bond donors (Lipinski definition) is 0. The number of likely N-dealkylation sites (N-methyl/N-ethyl adjacent to an activating group) is 1. The number of fused-ring (bicyclic) bond motifs is 1. The van der Waals surface area contributed by atoms with E-state index in [2.05, 4.69) is 16.0 Å². The van der Waals surface area contributed by atoms with Gasteiger partial charge < -0.3 is 19.1 Å². The third-order valence-corrected chi connectivity index (χ3v) is 6.91. The van der Waals surface area contributed by atoms with E-state index in [1.807, 2.05) is 49.5 Å². The van der Waals surface area contributed by atoms with Crippen molar-refractivity contribution in [1.82, 2.24) is 9.88 Å². The lowest BCUT2D eigenvalue weighted by molar-refractivity contribution is -0.144. The summed E-state index contributed by atoms with van der Waals surface area (Å²) < 4.78 is 17.5. The van der Waals surface area contributed by atoms with Crippen molar-refractivity contribution in [3.05, 3.63) is 83.4 Å². The molecule has 0 bridgehead atoms. The van der Waals surface area contributed by atoms with Gasteiger partial charge in [0.1, 0.15) is 24.7 Å². The van der Waals surface area contributed by atoms with Gasteiger partial charge in [0.25, 0.3) is 0 Å². The number of benzene rings is 3. The van der Waals surface area contributed by atoms with Gasteiger partial charge >= 0.3 is 12.1 Å². The molecule has 1 aromatic heterocycles. The number of aromatic nitrogens is 1. The van der Waals surface area contributed by atoms with Crippen LogP contribution in [0.5, 0.6) is 11.5 Å². The molecule has 0 aliphatic carbocycles. The van der Waals surface area contributed by atoms with E-state index in [9.17, 15) is 9.59 Å². The highest BCUT2D eigenvalue weighted by Gasteiger charge is 2.21. The molecule has 0 radical (unpaired) electrons. The van der Waals surface area contributed by atoms with Crippen molar-refractivity contribution in [1.29, 1.82) is 0 Å². The molecule has 1 amide bonds. The molecular weight excluding hydrogens is 526 g/mol. The maximum absolute atomic E-state index is 12.8. The van der Waals surface area contributed by atoms with E-state index in [4.69, 9.17) is 25.8 Å². The van der Waals surface area contributed by atoms with Crippen LogP contribution in [-0.2, 0) is 16.1 Å². The maximum Gasteiger partial charge on any atom is 0.416 e. The van der Waals surface area contributed by atoms with Crippen molar-refractivity contribution < 1.29 is 23.8 Å². The number of carbonyl (C=O) groups is 2. The monoisotopic (exact) mass is 553 g/mol. The molecule has 4 rings (SSSR count). The van der Waals surface area contributed by atoms with Crippen LogP contribution in [0.4, 0.5) is 9.93 Å². The fraction of sp³-hybridized carbons (Fsp3) is 0.250. The Labute approximate surface area is 230 Å². The van der Waals surface area contributed by atoms with Gasteiger partial charge in [0.05, 0.1) is 23.4 Å². The number of amides is 1. The second-order valence-electron chi connectivity index (χ2n) is 8.36. The summed E-state index contributed by atoms with van der Waals surface area (Å²) in [7, 11) is 1.99. The summed E-state index contributed by atoms with van der Waals surface area (Å²) in [5.41, 5.74) is 1.80.